The van der Waals surface area contributed by atoms with Gasteiger partial charge in [-0.15, -0.1) is 34.9 Å². The smallest absolute Gasteiger partial charge is 0.352 e. The second-order valence-corrected chi connectivity index (χ2v) is 10.4. The standard InChI is InChI=1S/C21H21N5O4S3/c1-3-13(14-10-33-21(22)23-14)17(27)24-15-18(28)26-16(20(29)30)11(9-32-19(15)26)8-31-12-4-6-25(2)7-5-12/h3-7,10,15,19H,8-9H2,1-2H3,(H3-,22,23,24,27,29,30)/p+1/b13-3+/t15-,19-/m1/s1. The van der Waals surface area contributed by atoms with Gasteiger partial charge in [0, 0.05) is 33.9 Å². The number of thioether (sulfide) groups is 2. The number of amides is 2. The van der Waals surface area contributed by atoms with E-state index < -0.39 is 29.2 Å². The molecule has 1 fully saturated rings. The van der Waals surface area contributed by atoms with Crippen LogP contribution in [-0.4, -0.2) is 55.7 Å². The average Bonchev–Trinajstić information content (AvgIpc) is 3.22. The molecule has 12 heteroatoms. The number of anilines is 1. The maximum absolute atomic E-state index is 12.9. The van der Waals surface area contributed by atoms with Crippen molar-refractivity contribution in [2.75, 3.05) is 17.2 Å². The number of aryl methyl sites for hydroxylation is 1. The van der Waals surface area contributed by atoms with Crippen LogP contribution in [0.2, 0.25) is 0 Å². The van der Waals surface area contributed by atoms with E-state index in [1.54, 1.807) is 18.4 Å². The zero-order valence-corrected chi connectivity index (χ0v) is 20.3. The topological polar surface area (TPSA) is 130 Å². The summed E-state index contributed by atoms with van der Waals surface area (Å²) in [7, 11) is 1.92. The summed E-state index contributed by atoms with van der Waals surface area (Å²) < 4.78 is 1.92. The van der Waals surface area contributed by atoms with E-state index in [2.05, 4.69) is 10.3 Å². The summed E-state index contributed by atoms with van der Waals surface area (Å²) in [6, 6.07) is 3.12. The highest BCUT2D eigenvalue weighted by Gasteiger charge is 2.54. The largest absolute Gasteiger partial charge is 0.477 e. The number of allylic oxidation sites excluding steroid dienone is 1. The van der Waals surface area contributed by atoms with Gasteiger partial charge in [-0.2, -0.15) is 0 Å². The molecule has 0 radical (unpaired) electrons. The summed E-state index contributed by atoms with van der Waals surface area (Å²) in [5, 5.41) is 14.1. The molecule has 0 bridgehead atoms. The minimum Gasteiger partial charge on any atom is -0.477 e. The number of rotatable bonds is 7. The third kappa shape index (κ3) is 4.63. The molecule has 2 atom stereocenters. The molecule has 0 aliphatic carbocycles. The van der Waals surface area contributed by atoms with Crippen molar-refractivity contribution in [3.05, 3.63) is 52.9 Å². The molecule has 0 saturated carbocycles. The van der Waals surface area contributed by atoms with Crippen molar-refractivity contribution in [1.82, 2.24) is 15.2 Å². The van der Waals surface area contributed by atoms with E-state index in [1.807, 2.05) is 36.1 Å². The maximum atomic E-state index is 12.9. The molecule has 2 amide bonds. The molecular formula is C21H22N5O4S3+. The Bertz CT molecular complexity index is 1170. The number of carbonyl (C=O) groups excluding carboxylic acids is 2. The monoisotopic (exact) mass is 504 g/mol. The molecule has 4 rings (SSSR count). The van der Waals surface area contributed by atoms with Crippen molar-refractivity contribution < 1.29 is 24.1 Å². The van der Waals surface area contributed by atoms with Crippen LogP contribution in [0.3, 0.4) is 0 Å². The molecule has 0 spiro atoms. The first-order valence-electron chi connectivity index (χ1n) is 9.96. The van der Waals surface area contributed by atoms with Crippen LogP contribution < -0.4 is 15.6 Å². The Kier molecular flexibility index (Phi) is 6.77. The second-order valence-electron chi connectivity index (χ2n) is 7.38. The van der Waals surface area contributed by atoms with Crippen molar-refractivity contribution in [2.24, 2.45) is 7.05 Å². The van der Waals surface area contributed by atoms with E-state index in [1.165, 1.54) is 39.8 Å². The van der Waals surface area contributed by atoms with Gasteiger partial charge >= 0.3 is 5.97 Å². The van der Waals surface area contributed by atoms with Crippen LogP contribution in [0, 0.1) is 0 Å². The van der Waals surface area contributed by atoms with Crippen LogP contribution in [0.15, 0.2) is 52.1 Å². The van der Waals surface area contributed by atoms with Gasteiger partial charge in [0.1, 0.15) is 24.2 Å². The molecule has 9 nitrogen and oxygen atoms in total. The van der Waals surface area contributed by atoms with E-state index in [4.69, 9.17) is 5.73 Å². The average molecular weight is 505 g/mol. The van der Waals surface area contributed by atoms with Gasteiger partial charge in [0.05, 0.1) is 11.3 Å². The molecule has 172 valence electrons. The number of thiazole rings is 1. The quantitative estimate of drug-likeness (QED) is 0.224. The molecule has 2 aliphatic rings. The predicted molar refractivity (Wildman–Crippen MR) is 128 cm³/mol. The van der Waals surface area contributed by atoms with Crippen LogP contribution >= 0.6 is 34.9 Å². The van der Waals surface area contributed by atoms with Gasteiger partial charge in [0.15, 0.2) is 17.5 Å². The number of aliphatic carboxylic acids is 1. The zero-order valence-electron chi connectivity index (χ0n) is 17.8. The van der Waals surface area contributed by atoms with Gasteiger partial charge < -0.3 is 16.2 Å². The van der Waals surface area contributed by atoms with E-state index in [0.717, 1.165) is 4.90 Å². The first kappa shape index (κ1) is 23.3. The van der Waals surface area contributed by atoms with Gasteiger partial charge in [0.25, 0.3) is 11.8 Å². The Labute approximate surface area is 202 Å². The number of carboxylic acid groups (broad SMARTS) is 1. The number of fused-ring (bicyclic) bond motifs is 1. The third-order valence-corrected chi connectivity index (χ3v) is 8.34. The van der Waals surface area contributed by atoms with Crippen molar-refractivity contribution in [2.45, 2.75) is 23.2 Å². The van der Waals surface area contributed by atoms with Crippen molar-refractivity contribution >= 4 is 63.3 Å². The highest BCUT2D eigenvalue weighted by molar-refractivity contribution is 8.01. The number of nitrogens with zero attached hydrogens (tertiary/aromatic N) is 3. The second kappa shape index (κ2) is 9.57. The number of nitrogens with two attached hydrogens (primary N) is 1. The zero-order chi connectivity index (χ0) is 23.7. The normalized spacial score (nSPS) is 20.4. The van der Waals surface area contributed by atoms with Gasteiger partial charge in [-0.05, 0) is 12.5 Å². The van der Waals surface area contributed by atoms with Crippen LogP contribution in [0.25, 0.3) is 5.57 Å². The summed E-state index contributed by atoms with van der Waals surface area (Å²) in [5.74, 6) is -1.08. The Balaban J connectivity index is 1.47. The highest BCUT2D eigenvalue weighted by atomic mass is 32.2. The Morgan fingerprint density at radius 3 is 2.76 bits per heavy atom. The number of carboxylic acids is 1. The molecular weight excluding hydrogens is 482 g/mol. The lowest BCUT2D eigenvalue weighted by Crippen LogP contribution is -2.70. The number of aromatic nitrogens is 2. The Hall–Kier alpha value is -2.83. The molecule has 2 aromatic heterocycles. The van der Waals surface area contributed by atoms with Crippen molar-refractivity contribution in [1.29, 1.82) is 0 Å². The minimum absolute atomic E-state index is 0.0155. The lowest BCUT2D eigenvalue weighted by Gasteiger charge is -2.49. The number of pyridine rings is 1. The van der Waals surface area contributed by atoms with Crippen LogP contribution in [0.4, 0.5) is 5.13 Å². The molecule has 33 heavy (non-hydrogen) atoms. The fourth-order valence-corrected chi connectivity index (χ4v) is 6.51. The SMILES string of the molecule is C/C=C(/C(=O)N[C@@H]1C(=O)N2C(C(=O)O)=C(CSc3cc[n+](C)cc3)CS[C@H]12)c1csc(N)n1. The fourth-order valence-electron chi connectivity index (χ4n) is 3.57. The Morgan fingerprint density at radius 2 is 2.15 bits per heavy atom. The van der Waals surface area contributed by atoms with E-state index in [-0.39, 0.29) is 5.70 Å². The summed E-state index contributed by atoms with van der Waals surface area (Å²) >= 11 is 4.20. The number of hydrogen-bond acceptors (Lipinski definition) is 8. The molecule has 2 aromatic rings. The fraction of sp³-hybridized carbons (Fsp3) is 0.286. The summed E-state index contributed by atoms with van der Waals surface area (Å²) in [6.07, 6.45) is 5.46. The molecule has 2 aliphatic heterocycles. The predicted octanol–water partition coefficient (Wildman–Crippen LogP) is 1.48. The van der Waals surface area contributed by atoms with Crippen LogP contribution in [-0.2, 0) is 21.4 Å². The maximum Gasteiger partial charge on any atom is 0.352 e. The lowest BCUT2D eigenvalue weighted by atomic mass is 10.0. The van der Waals surface area contributed by atoms with E-state index in [0.29, 0.717) is 33.5 Å². The van der Waals surface area contributed by atoms with E-state index in [9.17, 15) is 19.5 Å². The van der Waals surface area contributed by atoms with Gasteiger partial charge in [0.2, 0.25) is 0 Å². The summed E-state index contributed by atoms with van der Waals surface area (Å²) in [5.41, 5.74) is 7.13. The summed E-state index contributed by atoms with van der Waals surface area (Å²) in [6.45, 7) is 1.71. The summed E-state index contributed by atoms with van der Waals surface area (Å²) in [4.78, 5) is 44.2. The minimum atomic E-state index is -1.14. The Morgan fingerprint density at radius 1 is 1.42 bits per heavy atom. The van der Waals surface area contributed by atoms with E-state index >= 15 is 0 Å². The van der Waals surface area contributed by atoms with Gasteiger partial charge in [-0.25, -0.2) is 14.3 Å². The molecule has 0 aromatic carbocycles. The van der Waals surface area contributed by atoms with Gasteiger partial charge in [-0.1, -0.05) is 6.08 Å². The molecule has 4 N–H and O–H groups in total. The number of nitrogen functional groups attached to an aromatic ring is 1. The number of carbonyl (C=O) groups is 3. The number of nitrogens with one attached hydrogen (secondary N) is 1. The van der Waals surface area contributed by atoms with Crippen molar-refractivity contribution in [3.8, 4) is 0 Å². The van der Waals surface area contributed by atoms with Crippen molar-refractivity contribution in [3.63, 3.8) is 0 Å². The highest BCUT2D eigenvalue weighted by Crippen LogP contribution is 2.41. The number of β-lactam (4-membered cyclic amide) rings is 1. The van der Waals surface area contributed by atoms with Crippen LogP contribution in [0.1, 0.15) is 12.6 Å². The first-order valence-corrected chi connectivity index (χ1v) is 12.9. The number of hydrogen-bond donors (Lipinski definition) is 3. The molecule has 0 unspecified atom stereocenters. The van der Waals surface area contributed by atoms with Crippen LogP contribution in [0.5, 0.6) is 0 Å². The lowest BCUT2D eigenvalue weighted by molar-refractivity contribution is -0.671. The first-order chi connectivity index (χ1) is 15.8. The third-order valence-electron chi connectivity index (χ3n) is 5.23. The van der Waals surface area contributed by atoms with Gasteiger partial charge in [-0.3, -0.25) is 14.5 Å². The molecule has 4 heterocycles. The molecule has 1 saturated heterocycles.